The van der Waals surface area contributed by atoms with Crippen molar-refractivity contribution in [3.63, 3.8) is 0 Å². The number of nitrogens with zero attached hydrogens (tertiary/aromatic N) is 2. The molecular formula is C14H23N3O3. The summed E-state index contributed by atoms with van der Waals surface area (Å²) < 4.78 is 16.6. The number of hydrogen-bond acceptors (Lipinski definition) is 6. The lowest BCUT2D eigenvalue weighted by molar-refractivity contribution is -0.118. The molecule has 1 fully saturated rings. The second-order valence-corrected chi connectivity index (χ2v) is 4.79. The Hall–Kier alpha value is -1.24. The molecule has 6 heteroatoms. The standard InChI is InChI=1S/C14H23N3O3/c1-4-20-14(5-7-19-8-6-14)13-16-11(10-18-3)9-12(15-2)17-13/h9H,4-8,10H2,1-3H3,(H,15,16,17). The molecule has 1 aliphatic rings. The monoisotopic (exact) mass is 281 g/mol. The van der Waals surface area contributed by atoms with Crippen LogP contribution in [0.3, 0.4) is 0 Å². The molecule has 2 heterocycles. The van der Waals surface area contributed by atoms with Crippen LogP contribution in [0.4, 0.5) is 5.82 Å². The van der Waals surface area contributed by atoms with Crippen molar-refractivity contribution in [2.75, 3.05) is 39.3 Å². The first kappa shape index (κ1) is 15.2. The van der Waals surface area contributed by atoms with Gasteiger partial charge in [0, 0.05) is 52.9 Å². The first-order chi connectivity index (χ1) is 9.74. The second-order valence-electron chi connectivity index (χ2n) is 4.79. The molecule has 1 aliphatic heterocycles. The maximum atomic E-state index is 6.02. The normalized spacial score (nSPS) is 17.9. The minimum atomic E-state index is -0.442. The van der Waals surface area contributed by atoms with Crippen LogP contribution in [0.2, 0.25) is 0 Å². The number of anilines is 1. The van der Waals surface area contributed by atoms with Crippen molar-refractivity contribution >= 4 is 5.82 Å². The predicted molar refractivity (Wildman–Crippen MR) is 75.6 cm³/mol. The summed E-state index contributed by atoms with van der Waals surface area (Å²) in [6.45, 7) is 4.43. The van der Waals surface area contributed by atoms with E-state index in [-0.39, 0.29) is 0 Å². The first-order valence-electron chi connectivity index (χ1n) is 7.01. The van der Waals surface area contributed by atoms with Crippen molar-refractivity contribution in [1.82, 2.24) is 9.97 Å². The summed E-state index contributed by atoms with van der Waals surface area (Å²) in [6, 6.07) is 1.89. The molecule has 0 amide bonds. The van der Waals surface area contributed by atoms with Gasteiger partial charge < -0.3 is 19.5 Å². The van der Waals surface area contributed by atoms with Crippen LogP contribution in [0.5, 0.6) is 0 Å². The van der Waals surface area contributed by atoms with Crippen LogP contribution < -0.4 is 5.32 Å². The van der Waals surface area contributed by atoms with Gasteiger partial charge in [-0.2, -0.15) is 0 Å². The van der Waals surface area contributed by atoms with Crippen LogP contribution in [0.15, 0.2) is 6.07 Å². The summed E-state index contributed by atoms with van der Waals surface area (Å²) in [5.74, 6) is 1.51. The molecule has 0 aliphatic carbocycles. The Morgan fingerprint density at radius 2 is 2.10 bits per heavy atom. The zero-order valence-electron chi connectivity index (χ0n) is 12.4. The highest BCUT2D eigenvalue weighted by Crippen LogP contribution is 2.34. The molecule has 20 heavy (non-hydrogen) atoms. The molecule has 6 nitrogen and oxygen atoms in total. The summed E-state index contributed by atoms with van der Waals surface area (Å²) >= 11 is 0. The maximum absolute atomic E-state index is 6.02. The smallest absolute Gasteiger partial charge is 0.163 e. The van der Waals surface area contributed by atoms with Gasteiger partial charge in [0.2, 0.25) is 0 Å². The van der Waals surface area contributed by atoms with Crippen molar-refractivity contribution in [3.8, 4) is 0 Å². The Kier molecular flexibility index (Phi) is 5.28. The number of ether oxygens (including phenoxy) is 3. The first-order valence-corrected chi connectivity index (χ1v) is 7.01. The fourth-order valence-electron chi connectivity index (χ4n) is 2.46. The number of methoxy groups -OCH3 is 1. The summed E-state index contributed by atoms with van der Waals surface area (Å²) in [7, 11) is 3.51. The third-order valence-electron chi connectivity index (χ3n) is 3.46. The van der Waals surface area contributed by atoms with E-state index < -0.39 is 5.60 Å². The van der Waals surface area contributed by atoms with E-state index >= 15 is 0 Å². The SMILES string of the molecule is CCOC1(c2nc(COC)cc(NC)n2)CCOCC1. The van der Waals surface area contributed by atoms with Gasteiger partial charge in [-0.25, -0.2) is 9.97 Å². The molecule has 1 aromatic heterocycles. The molecule has 0 unspecified atom stereocenters. The zero-order valence-corrected chi connectivity index (χ0v) is 12.4. The molecule has 0 bridgehead atoms. The van der Waals surface area contributed by atoms with Crippen molar-refractivity contribution < 1.29 is 14.2 Å². The summed E-state index contributed by atoms with van der Waals surface area (Å²) in [4.78, 5) is 9.22. The lowest BCUT2D eigenvalue weighted by Crippen LogP contribution is -2.38. The Balaban J connectivity index is 2.38. The number of hydrogen-bond donors (Lipinski definition) is 1. The van der Waals surface area contributed by atoms with Gasteiger partial charge >= 0.3 is 0 Å². The Bertz CT molecular complexity index is 428. The Labute approximate surface area is 119 Å². The lowest BCUT2D eigenvalue weighted by atomic mass is 9.92. The van der Waals surface area contributed by atoms with Crippen molar-refractivity contribution in [2.24, 2.45) is 0 Å². The molecule has 2 rings (SSSR count). The third-order valence-corrected chi connectivity index (χ3v) is 3.46. The van der Waals surface area contributed by atoms with Gasteiger partial charge in [0.15, 0.2) is 5.82 Å². The van der Waals surface area contributed by atoms with Gasteiger partial charge in [0.05, 0.1) is 12.3 Å². The molecule has 0 radical (unpaired) electrons. The molecule has 0 spiro atoms. The van der Waals surface area contributed by atoms with Crippen LogP contribution in [0.25, 0.3) is 0 Å². The predicted octanol–water partition coefficient (Wildman–Crippen LogP) is 1.71. The quantitative estimate of drug-likeness (QED) is 0.856. The summed E-state index contributed by atoms with van der Waals surface area (Å²) in [5.41, 5.74) is 0.412. The van der Waals surface area contributed by atoms with Gasteiger partial charge in [-0.05, 0) is 6.92 Å². The third kappa shape index (κ3) is 3.26. The highest BCUT2D eigenvalue weighted by molar-refractivity contribution is 5.36. The van der Waals surface area contributed by atoms with Gasteiger partial charge in [0.1, 0.15) is 11.4 Å². The van der Waals surface area contributed by atoms with E-state index in [1.165, 1.54) is 0 Å². The average Bonchev–Trinajstić information content (AvgIpc) is 2.48. The molecule has 0 saturated carbocycles. The minimum absolute atomic E-state index is 0.442. The molecule has 1 aromatic rings. The van der Waals surface area contributed by atoms with E-state index in [9.17, 15) is 0 Å². The minimum Gasteiger partial charge on any atom is -0.381 e. The van der Waals surface area contributed by atoms with Crippen molar-refractivity contribution in [3.05, 3.63) is 17.6 Å². The van der Waals surface area contributed by atoms with Crippen molar-refractivity contribution in [2.45, 2.75) is 32.0 Å². The topological polar surface area (TPSA) is 65.5 Å². The Morgan fingerprint density at radius 1 is 1.35 bits per heavy atom. The van der Waals surface area contributed by atoms with Gasteiger partial charge in [-0.15, -0.1) is 0 Å². The fraction of sp³-hybridized carbons (Fsp3) is 0.714. The summed E-state index contributed by atoms with van der Waals surface area (Å²) in [6.07, 6.45) is 1.56. The maximum Gasteiger partial charge on any atom is 0.163 e. The van der Waals surface area contributed by atoms with Gasteiger partial charge in [0.25, 0.3) is 0 Å². The molecule has 1 N–H and O–H groups in total. The molecule has 0 aromatic carbocycles. The van der Waals surface area contributed by atoms with Gasteiger partial charge in [-0.3, -0.25) is 0 Å². The van der Waals surface area contributed by atoms with Crippen LogP contribution in [0.1, 0.15) is 31.3 Å². The van der Waals surface area contributed by atoms with E-state index in [1.807, 2.05) is 20.0 Å². The van der Waals surface area contributed by atoms with Crippen LogP contribution >= 0.6 is 0 Å². The van der Waals surface area contributed by atoms with Crippen LogP contribution in [0, 0.1) is 0 Å². The van der Waals surface area contributed by atoms with Crippen LogP contribution in [-0.4, -0.2) is 43.9 Å². The van der Waals surface area contributed by atoms with Gasteiger partial charge in [-0.1, -0.05) is 0 Å². The molecule has 0 atom stereocenters. The highest BCUT2D eigenvalue weighted by atomic mass is 16.5. The molecule has 1 saturated heterocycles. The zero-order chi connectivity index (χ0) is 14.4. The van der Waals surface area contributed by atoms with E-state index in [4.69, 9.17) is 14.2 Å². The highest BCUT2D eigenvalue weighted by Gasteiger charge is 2.38. The largest absolute Gasteiger partial charge is 0.381 e. The second kappa shape index (κ2) is 6.97. The van der Waals surface area contributed by atoms with E-state index in [0.29, 0.717) is 26.4 Å². The number of nitrogens with one attached hydrogen (secondary N) is 1. The van der Waals surface area contributed by atoms with Crippen LogP contribution in [-0.2, 0) is 26.4 Å². The van der Waals surface area contributed by atoms with E-state index in [0.717, 1.165) is 30.2 Å². The summed E-state index contributed by atoms with van der Waals surface area (Å²) in [5, 5.41) is 3.07. The molecular weight excluding hydrogens is 258 g/mol. The number of rotatable bonds is 6. The van der Waals surface area contributed by atoms with Crippen molar-refractivity contribution in [1.29, 1.82) is 0 Å². The van der Waals surface area contributed by atoms with E-state index in [1.54, 1.807) is 7.11 Å². The van der Waals surface area contributed by atoms with E-state index in [2.05, 4.69) is 15.3 Å². The fourth-order valence-corrected chi connectivity index (χ4v) is 2.46. The number of aromatic nitrogens is 2. The lowest BCUT2D eigenvalue weighted by Gasteiger charge is -2.35. The average molecular weight is 281 g/mol. The Morgan fingerprint density at radius 3 is 2.70 bits per heavy atom. The molecule has 112 valence electrons.